The molecule has 0 atom stereocenters. The van der Waals surface area contributed by atoms with Crippen LogP contribution in [0.15, 0.2) is 53.1 Å². The van der Waals surface area contributed by atoms with Crippen LogP contribution in [0.5, 0.6) is 0 Å². The molecular weight excluding hydrogens is 230 g/mol. The first kappa shape index (κ1) is 12.4. The predicted molar refractivity (Wildman–Crippen MR) is 67.0 cm³/mol. The molecule has 4 nitrogen and oxygen atoms in total. The Morgan fingerprint density at radius 2 is 1.94 bits per heavy atom. The standard InChI is InChI=1S/C14H15NO3/c16-9-8-15(11-13-7-4-10-18-13)14(17)12-5-2-1-3-6-12/h1-7,10,16H,8-9,11H2. The van der Waals surface area contributed by atoms with Gasteiger partial charge in [0.1, 0.15) is 5.76 Å². The maximum absolute atomic E-state index is 12.2. The normalized spacial score (nSPS) is 10.3. The van der Waals surface area contributed by atoms with Crippen LogP contribution in [0.1, 0.15) is 16.1 Å². The molecule has 0 fully saturated rings. The Morgan fingerprint density at radius 3 is 2.56 bits per heavy atom. The second kappa shape index (κ2) is 6.02. The van der Waals surface area contributed by atoms with Crippen molar-refractivity contribution in [3.63, 3.8) is 0 Å². The Labute approximate surface area is 105 Å². The molecule has 0 saturated carbocycles. The van der Waals surface area contributed by atoms with Gasteiger partial charge in [0.2, 0.25) is 0 Å². The molecule has 0 bridgehead atoms. The highest BCUT2D eigenvalue weighted by Crippen LogP contribution is 2.10. The number of furan rings is 1. The number of carbonyl (C=O) groups excluding carboxylic acids is 1. The molecule has 2 aromatic rings. The molecule has 94 valence electrons. The lowest BCUT2D eigenvalue weighted by Gasteiger charge is -2.20. The van der Waals surface area contributed by atoms with Crippen LogP contribution in [0.3, 0.4) is 0 Å². The molecule has 1 amide bonds. The van der Waals surface area contributed by atoms with Crippen molar-refractivity contribution < 1.29 is 14.3 Å². The molecule has 0 saturated heterocycles. The minimum atomic E-state index is -0.110. The summed E-state index contributed by atoms with van der Waals surface area (Å²) in [6.07, 6.45) is 1.57. The van der Waals surface area contributed by atoms with E-state index in [0.29, 0.717) is 17.9 Å². The van der Waals surface area contributed by atoms with Crippen LogP contribution in [0, 0.1) is 0 Å². The lowest BCUT2D eigenvalue weighted by Crippen LogP contribution is -2.32. The fraction of sp³-hybridized carbons (Fsp3) is 0.214. The van der Waals surface area contributed by atoms with Gasteiger partial charge in [-0.2, -0.15) is 0 Å². The molecule has 0 aliphatic heterocycles. The van der Waals surface area contributed by atoms with Crippen LogP contribution in [-0.2, 0) is 6.54 Å². The molecule has 4 heteroatoms. The average molecular weight is 245 g/mol. The van der Waals surface area contributed by atoms with Crippen molar-refractivity contribution in [2.75, 3.05) is 13.2 Å². The summed E-state index contributed by atoms with van der Waals surface area (Å²) in [6, 6.07) is 12.6. The third-order valence-corrected chi connectivity index (χ3v) is 2.60. The molecular formula is C14H15NO3. The molecule has 0 radical (unpaired) electrons. The second-order valence-electron chi connectivity index (χ2n) is 3.90. The van der Waals surface area contributed by atoms with E-state index in [0.717, 1.165) is 0 Å². The number of hydrogen-bond donors (Lipinski definition) is 1. The van der Waals surface area contributed by atoms with Crippen LogP contribution in [0.25, 0.3) is 0 Å². The van der Waals surface area contributed by atoms with Gasteiger partial charge in [0.05, 0.1) is 19.4 Å². The van der Waals surface area contributed by atoms with Gasteiger partial charge in [-0.15, -0.1) is 0 Å². The summed E-state index contributed by atoms with van der Waals surface area (Å²) in [5.74, 6) is 0.591. The second-order valence-corrected chi connectivity index (χ2v) is 3.90. The summed E-state index contributed by atoms with van der Waals surface area (Å²) in [4.78, 5) is 13.8. The summed E-state index contributed by atoms with van der Waals surface area (Å²) in [5, 5.41) is 9.04. The van der Waals surface area contributed by atoms with Crippen molar-refractivity contribution in [3.8, 4) is 0 Å². The zero-order chi connectivity index (χ0) is 12.8. The predicted octanol–water partition coefficient (Wildman–Crippen LogP) is 1.91. The van der Waals surface area contributed by atoms with Crippen LogP contribution in [-0.4, -0.2) is 29.1 Å². The average Bonchev–Trinajstić information content (AvgIpc) is 2.91. The van der Waals surface area contributed by atoms with E-state index >= 15 is 0 Å². The zero-order valence-corrected chi connectivity index (χ0v) is 9.95. The fourth-order valence-electron chi connectivity index (χ4n) is 1.73. The molecule has 0 spiro atoms. The van der Waals surface area contributed by atoms with Gasteiger partial charge in [-0.25, -0.2) is 0 Å². The van der Waals surface area contributed by atoms with Gasteiger partial charge < -0.3 is 14.4 Å². The Bertz CT molecular complexity index is 479. The highest BCUT2D eigenvalue weighted by Gasteiger charge is 2.16. The van der Waals surface area contributed by atoms with Crippen molar-refractivity contribution in [2.24, 2.45) is 0 Å². The molecule has 0 aliphatic carbocycles. The Morgan fingerprint density at radius 1 is 1.17 bits per heavy atom. The highest BCUT2D eigenvalue weighted by atomic mass is 16.3. The summed E-state index contributed by atoms with van der Waals surface area (Å²) in [5.41, 5.74) is 0.609. The maximum Gasteiger partial charge on any atom is 0.254 e. The van der Waals surface area contributed by atoms with Gasteiger partial charge in [-0.1, -0.05) is 18.2 Å². The first-order valence-electron chi connectivity index (χ1n) is 5.79. The number of aliphatic hydroxyl groups is 1. The van der Waals surface area contributed by atoms with Gasteiger partial charge in [0, 0.05) is 12.1 Å². The number of benzene rings is 1. The minimum Gasteiger partial charge on any atom is -0.467 e. The minimum absolute atomic E-state index is 0.0702. The summed E-state index contributed by atoms with van der Waals surface area (Å²) in [6.45, 7) is 0.578. The van der Waals surface area contributed by atoms with Crippen LogP contribution >= 0.6 is 0 Å². The van der Waals surface area contributed by atoms with Crippen molar-refractivity contribution in [1.82, 2.24) is 4.90 Å². The number of carbonyl (C=O) groups is 1. The monoisotopic (exact) mass is 245 g/mol. The quantitative estimate of drug-likeness (QED) is 0.875. The molecule has 1 aromatic carbocycles. The van der Waals surface area contributed by atoms with Gasteiger partial charge in [-0.3, -0.25) is 4.79 Å². The lowest BCUT2D eigenvalue weighted by molar-refractivity contribution is 0.0695. The van der Waals surface area contributed by atoms with E-state index in [9.17, 15) is 4.79 Å². The number of nitrogens with zero attached hydrogens (tertiary/aromatic N) is 1. The number of amides is 1. The van der Waals surface area contributed by atoms with Crippen LogP contribution < -0.4 is 0 Å². The van der Waals surface area contributed by atoms with E-state index < -0.39 is 0 Å². The van der Waals surface area contributed by atoms with E-state index in [1.807, 2.05) is 24.3 Å². The smallest absolute Gasteiger partial charge is 0.254 e. The number of rotatable bonds is 5. The number of hydrogen-bond acceptors (Lipinski definition) is 3. The molecule has 1 N–H and O–H groups in total. The van der Waals surface area contributed by atoms with Gasteiger partial charge >= 0.3 is 0 Å². The van der Waals surface area contributed by atoms with E-state index in [1.54, 1.807) is 29.4 Å². The third-order valence-electron chi connectivity index (χ3n) is 2.60. The largest absolute Gasteiger partial charge is 0.467 e. The fourth-order valence-corrected chi connectivity index (χ4v) is 1.73. The van der Waals surface area contributed by atoms with E-state index in [2.05, 4.69) is 0 Å². The Kier molecular flexibility index (Phi) is 4.15. The van der Waals surface area contributed by atoms with E-state index in [4.69, 9.17) is 9.52 Å². The van der Waals surface area contributed by atoms with Gasteiger partial charge in [-0.05, 0) is 24.3 Å². The van der Waals surface area contributed by atoms with E-state index in [-0.39, 0.29) is 19.1 Å². The van der Waals surface area contributed by atoms with Crippen molar-refractivity contribution in [3.05, 3.63) is 60.1 Å². The van der Waals surface area contributed by atoms with Crippen molar-refractivity contribution >= 4 is 5.91 Å². The topological polar surface area (TPSA) is 53.7 Å². The summed E-state index contributed by atoms with van der Waals surface area (Å²) >= 11 is 0. The molecule has 1 heterocycles. The van der Waals surface area contributed by atoms with Crippen molar-refractivity contribution in [2.45, 2.75) is 6.54 Å². The molecule has 0 unspecified atom stereocenters. The van der Waals surface area contributed by atoms with Gasteiger partial charge in [0.15, 0.2) is 0 Å². The third kappa shape index (κ3) is 2.99. The van der Waals surface area contributed by atoms with Crippen LogP contribution in [0.2, 0.25) is 0 Å². The number of aliphatic hydroxyl groups excluding tert-OH is 1. The maximum atomic E-state index is 12.2. The Balaban J connectivity index is 2.12. The van der Waals surface area contributed by atoms with Crippen molar-refractivity contribution in [1.29, 1.82) is 0 Å². The molecule has 18 heavy (non-hydrogen) atoms. The molecule has 2 rings (SSSR count). The summed E-state index contributed by atoms with van der Waals surface area (Å²) < 4.78 is 5.22. The van der Waals surface area contributed by atoms with Crippen LogP contribution in [0.4, 0.5) is 0 Å². The van der Waals surface area contributed by atoms with E-state index in [1.165, 1.54) is 0 Å². The molecule has 0 aliphatic rings. The zero-order valence-electron chi connectivity index (χ0n) is 9.95. The molecule has 1 aromatic heterocycles. The SMILES string of the molecule is O=C(c1ccccc1)N(CCO)Cc1ccco1. The first-order valence-corrected chi connectivity index (χ1v) is 5.79. The lowest BCUT2D eigenvalue weighted by atomic mass is 10.2. The summed E-state index contributed by atoms with van der Waals surface area (Å²) in [7, 11) is 0. The Hall–Kier alpha value is -2.07. The highest BCUT2D eigenvalue weighted by molar-refractivity contribution is 5.94. The first-order chi connectivity index (χ1) is 8.81. The van der Waals surface area contributed by atoms with Gasteiger partial charge in [0.25, 0.3) is 5.91 Å².